The highest BCUT2D eigenvalue weighted by Crippen LogP contribution is 2.24. The Kier molecular flexibility index (Phi) is 4.30. The Labute approximate surface area is 150 Å². The molecule has 128 valence electrons. The zero-order valence-electron chi connectivity index (χ0n) is 14.2. The molecular weight excluding hydrogens is 326 g/mol. The molecule has 0 amide bonds. The van der Waals surface area contributed by atoms with E-state index in [1.54, 1.807) is 12.4 Å². The predicted octanol–water partition coefficient (Wildman–Crippen LogP) is 4.71. The molecule has 0 aliphatic rings. The van der Waals surface area contributed by atoms with Crippen LogP contribution in [0.2, 0.25) is 0 Å². The summed E-state index contributed by atoms with van der Waals surface area (Å²) in [7, 11) is 0. The molecule has 2 N–H and O–H groups in total. The number of hydrogen-bond donors (Lipinski definition) is 2. The van der Waals surface area contributed by atoms with Gasteiger partial charge in [-0.3, -0.25) is 4.98 Å². The molecule has 0 saturated heterocycles. The molecule has 0 fully saturated rings. The number of aromatic nitrogens is 4. The lowest BCUT2D eigenvalue weighted by atomic mass is 10.1. The van der Waals surface area contributed by atoms with Crippen molar-refractivity contribution in [2.75, 3.05) is 5.32 Å². The lowest BCUT2D eigenvalue weighted by molar-refractivity contribution is 0.480. The second kappa shape index (κ2) is 7.06. The van der Waals surface area contributed by atoms with Gasteiger partial charge in [-0.05, 0) is 49.4 Å². The molecule has 2 aromatic carbocycles. The molecule has 4 rings (SSSR count). The third kappa shape index (κ3) is 3.70. The average molecular weight is 343 g/mol. The highest BCUT2D eigenvalue weighted by Gasteiger charge is 2.06. The van der Waals surface area contributed by atoms with Crippen LogP contribution in [0.3, 0.4) is 0 Å². The van der Waals surface area contributed by atoms with Crippen molar-refractivity contribution in [3.8, 4) is 22.9 Å². The van der Waals surface area contributed by atoms with Crippen molar-refractivity contribution in [1.29, 1.82) is 0 Å². The molecule has 0 saturated carbocycles. The fourth-order valence-electron chi connectivity index (χ4n) is 2.53. The molecule has 0 atom stereocenters. The molecule has 0 aliphatic heterocycles. The van der Waals surface area contributed by atoms with Crippen molar-refractivity contribution in [2.24, 2.45) is 0 Å². The van der Waals surface area contributed by atoms with Gasteiger partial charge in [0.25, 0.3) is 0 Å². The van der Waals surface area contributed by atoms with Crippen molar-refractivity contribution in [2.45, 2.75) is 6.92 Å². The topological polar surface area (TPSA) is 75.7 Å². The zero-order chi connectivity index (χ0) is 17.8. The minimum Gasteiger partial charge on any atom is -0.456 e. The lowest BCUT2D eigenvalue weighted by Gasteiger charge is -2.06. The predicted molar refractivity (Wildman–Crippen MR) is 101 cm³/mol. The van der Waals surface area contributed by atoms with E-state index in [1.807, 2.05) is 61.5 Å². The number of H-pyrrole nitrogens is 1. The minimum atomic E-state index is 0.586. The number of rotatable bonds is 5. The first-order chi connectivity index (χ1) is 12.8. The number of pyridine rings is 1. The van der Waals surface area contributed by atoms with Crippen LogP contribution in [0, 0.1) is 6.92 Å². The summed E-state index contributed by atoms with van der Waals surface area (Å²) < 4.78 is 5.73. The average Bonchev–Trinajstić information content (AvgIpc) is 3.13. The SMILES string of the molecule is Cc1cccc(-c2nnc(Nc3ccc(Oc4cccnc4)cc3)[nH]2)c1. The van der Waals surface area contributed by atoms with Gasteiger partial charge in [-0.15, -0.1) is 10.2 Å². The number of nitrogens with one attached hydrogen (secondary N) is 2. The van der Waals surface area contributed by atoms with Gasteiger partial charge in [0.2, 0.25) is 5.95 Å². The molecule has 0 spiro atoms. The van der Waals surface area contributed by atoms with Crippen LogP contribution in [0.25, 0.3) is 11.4 Å². The van der Waals surface area contributed by atoms with Crippen molar-refractivity contribution < 1.29 is 4.74 Å². The number of ether oxygens (including phenoxy) is 1. The summed E-state index contributed by atoms with van der Waals surface area (Å²) in [6, 6.07) is 19.4. The molecule has 0 radical (unpaired) electrons. The number of hydrogen-bond acceptors (Lipinski definition) is 5. The second-order valence-electron chi connectivity index (χ2n) is 5.83. The number of aromatic amines is 1. The van der Waals surface area contributed by atoms with Gasteiger partial charge in [0.1, 0.15) is 11.5 Å². The zero-order valence-corrected chi connectivity index (χ0v) is 14.2. The van der Waals surface area contributed by atoms with E-state index in [0.717, 1.165) is 22.8 Å². The van der Waals surface area contributed by atoms with Crippen LogP contribution in [0.15, 0.2) is 73.1 Å². The minimum absolute atomic E-state index is 0.586. The van der Waals surface area contributed by atoms with Crippen molar-refractivity contribution >= 4 is 11.6 Å². The van der Waals surface area contributed by atoms with E-state index in [2.05, 4.69) is 31.5 Å². The molecule has 2 aromatic heterocycles. The van der Waals surface area contributed by atoms with Gasteiger partial charge in [0.15, 0.2) is 5.82 Å². The maximum Gasteiger partial charge on any atom is 0.226 e. The van der Waals surface area contributed by atoms with E-state index in [4.69, 9.17) is 4.74 Å². The smallest absolute Gasteiger partial charge is 0.226 e. The van der Waals surface area contributed by atoms with Gasteiger partial charge in [-0.2, -0.15) is 0 Å². The fraction of sp³-hybridized carbons (Fsp3) is 0.0500. The monoisotopic (exact) mass is 343 g/mol. The fourth-order valence-corrected chi connectivity index (χ4v) is 2.53. The van der Waals surface area contributed by atoms with Gasteiger partial charge in [-0.1, -0.05) is 23.8 Å². The molecule has 6 nitrogen and oxygen atoms in total. The van der Waals surface area contributed by atoms with E-state index >= 15 is 0 Å². The Morgan fingerprint density at radius 3 is 2.58 bits per heavy atom. The van der Waals surface area contributed by atoms with Crippen LogP contribution < -0.4 is 10.1 Å². The van der Waals surface area contributed by atoms with Crippen LogP contribution in [0.5, 0.6) is 11.5 Å². The number of benzene rings is 2. The number of nitrogens with zero attached hydrogens (tertiary/aromatic N) is 3. The highest BCUT2D eigenvalue weighted by atomic mass is 16.5. The van der Waals surface area contributed by atoms with E-state index in [-0.39, 0.29) is 0 Å². The maximum absolute atomic E-state index is 5.73. The summed E-state index contributed by atoms with van der Waals surface area (Å²) >= 11 is 0. The molecule has 4 aromatic rings. The Bertz CT molecular complexity index is 996. The number of aryl methyl sites for hydroxylation is 1. The normalized spacial score (nSPS) is 10.5. The lowest BCUT2D eigenvalue weighted by Crippen LogP contribution is -1.92. The standard InChI is InChI=1S/C20H17N5O/c1-14-4-2-5-15(12-14)19-23-20(25-24-19)22-16-7-9-17(10-8-16)26-18-6-3-11-21-13-18/h2-13H,1H3,(H2,22,23,24,25). The summed E-state index contributed by atoms with van der Waals surface area (Å²) in [6.07, 6.45) is 3.38. The van der Waals surface area contributed by atoms with E-state index in [1.165, 1.54) is 5.56 Å². The first-order valence-electron chi connectivity index (χ1n) is 8.21. The van der Waals surface area contributed by atoms with Crippen LogP contribution in [-0.4, -0.2) is 20.2 Å². The molecule has 0 unspecified atom stereocenters. The summed E-state index contributed by atoms with van der Waals surface area (Å²) in [5, 5.41) is 11.6. The van der Waals surface area contributed by atoms with Crippen LogP contribution >= 0.6 is 0 Å². The Balaban J connectivity index is 1.45. The third-order valence-electron chi connectivity index (χ3n) is 3.77. The first-order valence-corrected chi connectivity index (χ1v) is 8.21. The molecular formula is C20H17N5O. The van der Waals surface area contributed by atoms with Gasteiger partial charge in [0, 0.05) is 17.4 Å². The van der Waals surface area contributed by atoms with Crippen molar-refractivity contribution in [3.63, 3.8) is 0 Å². The van der Waals surface area contributed by atoms with Crippen LogP contribution in [-0.2, 0) is 0 Å². The van der Waals surface area contributed by atoms with E-state index in [0.29, 0.717) is 11.7 Å². The van der Waals surface area contributed by atoms with Gasteiger partial charge >= 0.3 is 0 Å². The molecule has 2 heterocycles. The molecule has 0 aliphatic carbocycles. The Morgan fingerprint density at radius 1 is 0.923 bits per heavy atom. The summed E-state index contributed by atoms with van der Waals surface area (Å²) in [5.74, 6) is 2.75. The molecule has 26 heavy (non-hydrogen) atoms. The van der Waals surface area contributed by atoms with Crippen molar-refractivity contribution in [3.05, 3.63) is 78.6 Å². The largest absolute Gasteiger partial charge is 0.456 e. The Hall–Kier alpha value is -3.67. The molecule has 0 bridgehead atoms. The van der Waals surface area contributed by atoms with Gasteiger partial charge in [0.05, 0.1) is 6.20 Å². The summed E-state index contributed by atoms with van der Waals surface area (Å²) in [5.41, 5.74) is 3.07. The van der Waals surface area contributed by atoms with E-state index < -0.39 is 0 Å². The summed E-state index contributed by atoms with van der Waals surface area (Å²) in [4.78, 5) is 7.22. The van der Waals surface area contributed by atoms with Crippen molar-refractivity contribution in [1.82, 2.24) is 20.2 Å². The molecule has 6 heteroatoms. The van der Waals surface area contributed by atoms with Crippen LogP contribution in [0.4, 0.5) is 11.6 Å². The van der Waals surface area contributed by atoms with E-state index in [9.17, 15) is 0 Å². The second-order valence-corrected chi connectivity index (χ2v) is 5.83. The quantitative estimate of drug-likeness (QED) is 0.549. The highest BCUT2D eigenvalue weighted by molar-refractivity contribution is 5.60. The summed E-state index contributed by atoms with van der Waals surface area (Å²) in [6.45, 7) is 2.05. The van der Waals surface area contributed by atoms with Gasteiger partial charge < -0.3 is 15.0 Å². The maximum atomic E-state index is 5.73. The Morgan fingerprint density at radius 2 is 1.81 bits per heavy atom. The third-order valence-corrected chi connectivity index (χ3v) is 3.77. The number of anilines is 2. The van der Waals surface area contributed by atoms with Crippen LogP contribution in [0.1, 0.15) is 5.56 Å². The first kappa shape index (κ1) is 15.8. The van der Waals surface area contributed by atoms with Gasteiger partial charge in [-0.25, -0.2) is 0 Å².